The maximum atomic E-state index is 11.6. The van der Waals surface area contributed by atoms with Gasteiger partial charge in [-0.1, -0.05) is 19.6 Å². The molecule has 0 bridgehead atoms. The molecule has 20 heavy (non-hydrogen) atoms. The molecule has 1 aliphatic rings. The van der Waals surface area contributed by atoms with Crippen molar-refractivity contribution >= 4 is 20.1 Å². The van der Waals surface area contributed by atoms with Crippen LogP contribution in [0.25, 0.3) is 0 Å². The number of alkyl carbamates (subject to hydrolysis) is 1. The highest BCUT2D eigenvalue weighted by Crippen LogP contribution is 2.25. The fourth-order valence-electron chi connectivity index (χ4n) is 2.18. The van der Waals surface area contributed by atoms with Gasteiger partial charge in [0.2, 0.25) is 0 Å². The molecule has 0 spiro atoms. The zero-order valence-electron chi connectivity index (χ0n) is 12.4. The molecule has 3 N–H and O–H groups in total. The number of amides is 1. The summed E-state index contributed by atoms with van der Waals surface area (Å²) in [5.74, 6) is -1.39. The largest absolute Gasteiger partial charge is 0.481 e. The summed E-state index contributed by atoms with van der Waals surface area (Å²) in [7, 11) is -1.25. The minimum Gasteiger partial charge on any atom is -0.481 e. The van der Waals surface area contributed by atoms with E-state index in [9.17, 15) is 14.7 Å². The van der Waals surface area contributed by atoms with E-state index in [1.165, 1.54) is 0 Å². The second-order valence-electron chi connectivity index (χ2n) is 6.61. The SMILES string of the molecule is C[Si](C)(C)CCOC(=O)N[C@@H]1CC(C(=O)O)CCC1O. The lowest BCUT2D eigenvalue weighted by atomic mass is 9.84. The van der Waals surface area contributed by atoms with Gasteiger partial charge in [0, 0.05) is 8.07 Å². The third-order valence-electron chi connectivity index (χ3n) is 3.55. The maximum Gasteiger partial charge on any atom is 0.407 e. The number of carboxylic acid groups (broad SMARTS) is 1. The molecule has 0 aromatic heterocycles. The van der Waals surface area contributed by atoms with Gasteiger partial charge in [-0.2, -0.15) is 0 Å². The number of rotatable bonds is 5. The molecule has 3 atom stereocenters. The van der Waals surface area contributed by atoms with Crippen LogP contribution in [0.5, 0.6) is 0 Å². The molecule has 1 amide bonds. The van der Waals surface area contributed by atoms with E-state index in [1.807, 2.05) is 0 Å². The van der Waals surface area contributed by atoms with Gasteiger partial charge in [-0.3, -0.25) is 4.79 Å². The molecule has 1 rings (SSSR count). The van der Waals surface area contributed by atoms with Gasteiger partial charge in [-0.15, -0.1) is 0 Å². The van der Waals surface area contributed by atoms with Crippen LogP contribution in [0.15, 0.2) is 0 Å². The van der Waals surface area contributed by atoms with Gasteiger partial charge in [0.05, 0.1) is 24.7 Å². The van der Waals surface area contributed by atoms with Crippen molar-refractivity contribution in [2.45, 2.75) is 57.1 Å². The zero-order chi connectivity index (χ0) is 15.3. The molecular weight excluding hydrogens is 278 g/mol. The molecule has 1 fully saturated rings. The predicted molar refractivity (Wildman–Crippen MR) is 77.4 cm³/mol. The summed E-state index contributed by atoms with van der Waals surface area (Å²) >= 11 is 0. The molecule has 1 saturated carbocycles. The summed E-state index contributed by atoms with van der Waals surface area (Å²) in [4.78, 5) is 22.6. The molecule has 0 aromatic carbocycles. The number of carbonyl (C=O) groups excluding carboxylic acids is 1. The smallest absolute Gasteiger partial charge is 0.407 e. The average Bonchev–Trinajstić information content (AvgIpc) is 2.30. The van der Waals surface area contributed by atoms with Crippen LogP contribution in [-0.4, -0.2) is 49.1 Å². The van der Waals surface area contributed by atoms with E-state index < -0.39 is 38.2 Å². The van der Waals surface area contributed by atoms with Crippen molar-refractivity contribution < 1.29 is 24.5 Å². The Morgan fingerprint density at radius 1 is 1.30 bits per heavy atom. The second-order valence-corrected chi connectivity index (χ2v) is 12.2. The summed E-state index contributed by atoms with van der Waals surface area (Å²) in [5.41, 5.74) is 0. The van der Waals surface area contributed by atoms with Crippen LogP contribution in [0.2, 0.25) is 25.7 Å². The highest BCUT2D eigenvalue weighted by atomic mass is 28.3. The van der Waals surface area contributed by atoms with Crippen LogP contribution in [0.3, 0.4) is 0 Å². The quantitative estimate of drug-likeness (QED) is 0.671. The van der Waals surface area contributed by atoms with Crippen molar-refractivity contribution in [3.63, 3.8) is 0 Å². The van der Waals surface area contributed by atoms with Crippen LogP contribution in [-0.2, 0) is 9.53 Å². The van der Waals surface area contributed by atoms with E-state index >= 15 is 0 Å². The van der Waals surface area contributed by atoms with Crippen molar-refractivity contribution in [2.24, 2.45) is 5.92 Å². The topological polar surface area (TPSA) is 95.9 Å². The average molecular weight is 303 g/mol. The molecule has 0 aliphatic heterocycles. The Labute approximate surface area is 120 Å². The molecule has 0 saturated heterocycles. The number of nitrogens with one attached hydrogen (secondary N) is 1. The Morgan fingerprint density at radius 2 is 1.95 bits per heavy atom. The van der Waals surface area contributed by atoms with Crippen LogP contribution in [0.4, 0.5) is 4.79 Å². The number of hydrogen-bond donors (Lipinski definition) is 3. The van der Waals surface area contributed by atoms with Gasteiger partial charge in [-0.05, 0) is 25.3 Å². The summed E-state index contributed by atoms with van der Waals surface area (Å²) < 4.78 is 5.09. The molecule has 1 aliphatic carbocycles. The third kappa shape index (κ3) is 5.92. The predicted octanol–water partition coefficient (Wildman–Crippen LogP) is 1.67. The Morgan fingerprint density at radius 3 is 2.50 bits per heavy atom. The van der Waals surface area contributed by atoms with Gasteiger partial charge >= 0.3 is 12.1 Å². The first-order valence-corrected chi connectivity index (χ1v) is 10.7. The summed E-state index contributed by atoms with van der Waals surface area (Å²) in [6.07, 6.45) is -0.191. The first kappa shape index (κ1) is 17.0. The van der Waals surface area contributed by atoms with Crippen LogP contribution in [0, 0.1) is 5.92 Å². The molecule has 0 aromatic rings. The normalized spacial score (nSPS) is 26.9. The Bertz CT molecular complexity index is 355. The van der Waals surface area contributed by atoms with Crippen molar-refractivity contribution in [3.05, 3.63) is 0 Å². The molecule has 6 nitrogen and oxygen atoms in total. The van der Waals surface area contributed by atoms with E-state index in [1.54, 1.807) is 0 Å². The van der Waals surface area contributed by atoms with Crippen LogP contribution < -0.4 is 5.32 Å². The minimum atomic E-state index is -1.25. The second kappa shape index (κ2) is 7.08. The van der Waals surface area contributed by atoms with E-state index in [2.05, 4.69) is 25.0 Å². The summed E-state index contributed by atoms with van der Waals surface area (Å²) in [6.45, 7) is 6.94. The van der Waals surface area contributed by atoms with Crippen LogP contribution >= 0.6 is 0 Å². The number of aliphatic hydroxyl groups excluding tert-OH is 1. The number of carboxylic acids is 1. The lowest BCUT2D eigenvalue weighted by molar-refractivity contribution is -0.144. The minimum absolute atomic E-state index is 0.250. The van der Waals surface area contributed by atoms with E-state index in [4.69, 9.17) is 9.84 Å². The highest BCUT2D eigenvalue weighted by molar-refractivity contribution is 6.76. The van der Waals surface area contributed by atoms with Gasteiger partial charge in [0.15, 0.2) is 0 Å². The van der Waals surface area contributed by atoms with Crippen LogP contribution in [0.1, 0.15) is 19.3 Å². The van der Waals surface area contributed by atoms with E-state index in [0.29, 0.717) is 19.4 Å². The van der Waals surface area contributed by atoms with Crippen molar-refractivity contribution in [2.75, 3.05) is 6.61 Å². The first-order valence-electron chi connectivity index (χ1n) is 7.03. The Kier molecular flexibility index (Phi) is 6.00. The monoisotopic (exact) mass is 303 g/mol. The van der Waals surface area contributed by atoms with Crippen molar-refractivity contribution in [3.8, 4) is 0 Å². The summed E-state index contributed by atoms with van der Waals surface area (Å²) in [6, 6.07) is 0.343. The summed E-state index contributed by atoms with van der Waals surface area (Å²) in [5, 5.41) is 21.4. The van der Waals surface area contributed by atoms with Gasteiger partial charge < -0.3 is 20.3 Å². The maximum absolute atomic E-state index is 11.6. The number of aliphatic hydroxyl groups is 1. The molecule has 2 unspecified atom stereocenters. The van der Waals surface area contributed by atoms with Gasteiger partial charge in [-0.25, -0.2) is 4.79 Å². The van der Waals surface area contributed by atoms with Crippen molar-refractivity contribution in [1.29, 1.82) is 0 Å². The van der Waals surface area contributed by atoms with Gasteiger partial charge in [0.1, 0.15) is 0 Å². The number of hydrogen-bond acceptors (Lipinski definition) is 4. The molecule has 0 heterocycles. The third-order valence-corrected chi connectivity index (χ3v) is 5.26. The highest BCUT2D eigenvalue weighted by Gasteiger charge is 2.34. The van der Waals surface area contributed by atoms with Crippen molar-refractivity contribution in [1.82, 2.24) is 5.32 Å². The first-order chi connectivity index (χ1) is 9.19. The Balaban J connectivity index is 2.37. The van der Waals surface area contributed by atoms with E-state index in [0.717, 1.165) is 6.04 Å². The lowest BCUT2D eigenvalue weighted by Crippen LogP contribution is -2.48. The number of carbonyl (C=O) groups is 2. The Hall–Kier alpha value is -1.08. The van der Waals surface area contributed by atoms with E-state index in [-0.39, 0.29) is 6.42 Å². The fraction of sp³-hybridized carbons (Fsp3) is 0.846. The molecule has 116 valence electrons. The fourth-order valence-corrected chi connectivity index (χ4v) is 2.89. The molecular formula is C13H25NO5Si. The molecule has 7 heteroatoms. The zero-order valence-corrected chi connectivity index (χ0v) is 13.4. The number of aliphatic carboxylic acids is 1. The van der Waals surface area contributed by atoms with Gasteiger partial charge in [0.25, 0.3) is 0 Å². The lowest BCUT2D eigenvalue weighted by Gasteiger charge is -2.31. The molecule has 0 radical (unpaired) electrons. The standard InChI is InChI=1S/C13H25NO5Si/c1-20(2,3)7-6-19-13(18)14-10-8-9(12(16)17)4-5-11(10)15/h9-11,15H,4-8H2,1-3H3,(H,14,18)(H,16,17)/t9?,10-,11?/m1/s1. The number of ether oxygens (including phenoxy) is 1.